The highest BCUT2D eigenvalue weighted by atomic mass is 32.1. The SMILES string of the molecule is CNCc1cc(-c2ccccc2)c(Oc2ccccc2)s1.O=C(O)/C=C/C(=O)O. The lowest BCUT2D eigenvalue weighted by molar-refractivity contribution is -0.134. The van der Waals surface area contributed by atoms with Gasteiger partial charge in [-0.2, -0.15) is 0 Å². The van der Waals surface area contributed by atoms with Crippen molar-refractivity contribution in [1.82, 2.24) is 5.32 Å². The molecule has 0 spiro atoms. The Hall–Kier alpha value is -3.42. The van der Waals surface area contributed by atoms with Crippen LogP contribution in [0.4, 0.5) is 0 Å². The van der Waals surface area contributed by atoms with Crippen molar-refractivity contribution in [3.05, 3.63) is 83.8 Å². The van der Waals surface area contributed by atoms with E-state index >= 15 is 0 Å². The molecule has 29 heavy (non-hydrogen) atoms. The summed E-state index contributed by atoms with van der Waals surface area (Å²) in [6.45, 7) is 0.850. The number of ether oxygens (including phenoxy) is 1. The van der Waals surface area contributed by atoms with Crippen LogP contribution in [0.15, 0.2) is 78.9 Å². The van der Waals surface area contributed by atoms with Crippen LogP contribution in [-0.4, -0.2) is 29.2 Å². The Bertz CT molecular complexity index is 936. The lowest BCUT2D eigenvalue weighted by Crippen LogP contribution is -2.02. The Morgan fingerprint density at radius 2 is 1.52 bits per heavy atom. The maximum absolute atomic E-state index is 9.55. The summed E-state index contributed by atoms with van der Waals surface area (Å²) < 4.78 is 6.08. The molecule has 0 radical (unpaired) electrons. The van der Waals surface area contributed by atoms with E-state index in [0.717, 1.165) is 22.9 Å². The van der Waals surface area contributed by atoms with Crippen molar-refractivity contribution in [3.63, 3.8) is 0 Å². The Balaban J connectivity index is 0.000000321. The van der Waals surface area contributed by atoms with Crippen molar-refractivity contribution in [2.45, 2.75) is 6.54 Å². The molecule has 0 saturated carbocycles. The molecule has 0 bridgehead atoms. The van der Waals surface area contributed by atoms with Crippen molar-refractivity contribution in [2.75, 3.05) is 7.05 Å². The van der Waals surface area contributed by atoms with Crippen molar-refractivity contribution >= 4 is 23.3 Å². The van der Waals surface area contributed by atoms with Crippen LogP contribution in [0.3, 0.4) is 0 Å². The second-order valence-corrected chi connectivity index (χ2v) is 6.83. The zero-order chi connectivity index (χ0) is 21.1. The molecule has 2 aromatic carbocycles. The molecule has 0 aliphatic heterocycles. The standard InChI is InChI=1S/C18H17NOS.C4H4O4/c1-19-13-16-12-17(14-8-4-2-5-9-14)18(21-16)20-15-10-6-3-7-11-15;5-3(6)1-2-4(7)8/h2-12,19H,13H2,1H3;1-2H,(H,5,6)(H,7,8)/b;2-1+. The minimum Gasteiger partial charge on any atom is -0.478 e. The third-order valence-corrected chi connectivity index (χ3v) is 4.52. The first-order chi connectivity index (χ1) is 14.0. The number of para-hydroxylation sites is 1. The number of carboxylic acid groups (broad SMARTS) is 2. The van der Waals surface area contributed by atoms with Crippen LogP contribution in [0.25, 0.3) is 11.1 Å². The highest BCUT2D eigenvalue weighted by molar-refractivity contribution is 7.14. The molecule has 0 aliphatic carbocycles. The molecule has 0 atom stereocenters. The first-order valence-corrected chi connectivity index (χ1v) is 9.50. The molecule has 0 saturated heterocycles. The van der Waals surface area contributed by atoms with Crippen LogP contribution < -0.4 is 10.1 Å². The fourth-order valence-corrected chi connectivity index (χ4v) is 3.37. The zero-order valence-electron chi connectivity index (χ0n) is 15.7. The summed E-state index contributed by atoms with van der Waals surface area (Å²) in [5.41, 5.74) is 2.33. The molecule has 1 heterocycles. The molecule has 150 valence electrons. The van der Waals surface area contributed by atoms with Crippen LogP contribution in [0.1, 0.15) is 4.88 Å². The van der Waals surface area contributed by atoms with Crippen LogP contribution in [-0.2, 0) is 16.1 Å². The summed E-state index contributed by atoms with van der Waals surface area (Å²) >= 11 is 1.69. The van der Waals surface area contributed by atoms with Gasteiger partial charge in [0, 0.05) is 29.1 Å². The molecule has 0 aliphatic rings. The van der Waals surface area contributed by atoms with Gasteiger partial charge < -0.3 is 20.3 Å². The van der Waals surface area contributed by atoms with Gasteiger partial charge >= 0.3 is 11.9 Å². The predicted molar refractivity (Wildman–Crippen MR) is 113 cm³/mol. The van der Waals surface area contributed by atoms with Gasteiger partial charge in [-0.1, -0.05) is 48.5 Å². The van der Waals surface area contributed by atoms with Gasteiger partial charge in [0.2, 0.25) is 0 Å². The highest BCUT2D eigenvalue weighted by Crippen LogP contribution is 2.40. The molecule has 3 rings (SSSR count). The first-order valence-electron chi connectivity index (χ1n) is 8.69. The Kier molecular flexibility index (Phi) is 8.62. The number of hydrogen-bond donors (Lipinski definition) is 3. The van der Waals surface area contributed by atoms with Crippen molar-refractivity contribution in [3.8, 4) is 21.9 Å². The predicted octanol–water partition coefficient (Wildman–Crippen LogP) is 4.64. The van der Waals surface area contributed by atoms with Crippen LogP contribution in [0.2, 0.25) is 0 Å². The third kappa shape index (κ3) is 7.61. The number of carbonyl (C=O) groups is 2. The molecule has 1 aromatic heterocycles. The molecule has 3 N–H and O–H groups in total. The molecular weight excluding hydrogens is 390 g/mol. The van der Waals surface area contributed by atoms with E-state index < -0.39 is 11.9 Å². The fraction of sp³-hybridized carbons (Fsp3) is 0.0909. The maximum Gasteiger partial charge on any atom is 0.328 e. The van der Waals surface area contributed by atoms with Crippen LogP contribution >= 0.6 is 11.3 Å². The number of rotatable bonds is 7. The van der Waals surface area contributed by atoms with Gasteiger partial charge in [-0.3, -0.25) is 0 Å². The number of thiophene rings is 1. The lowest BCUT2D eigenvalue weighted by atomic mass is 10.1. The number of aliphatic carboxylic acids is 2. The molecular formula is C22H21NO5S. The Morgan fingerprint density at radius 3 is 2.03 bits per heavy atom. The summed E-state index contributed by atoms with van der Waals surface area (Å²) in [5.74, 6) is -1.65. The smallest absolute Gasteiger partial charge is 0.328 e. The van der Waals surface area contributed by atoms with E-state index in [4.69, 9.17) is 14.9 Å². The monoisotopic (exact) mass is 411 g/mol. The quantitative estimate of drug-likeness (QED) is 0.490. The summed E-state index contributed by atoms with van der Waals surface area (Å²) in [4.78, 5) is 20.4. The van der Waals surface area contributed by atoms with E-state index in [1.807, 2.05) is 43.4 Å². The van der Waals surface area contributed by atoms with Crippen molar-refractivity contribution in [2.24, 2.45) is 0 Å². The Morgan fingerprint density at radius 1 is 0.966 bits per heavy atom. The average molecular weight is 411 g/mol. The van der Waals surface area contributed by atoms with Crippen molar-refractivity contribution in [1.29, 1.82) is 0 Å². The highest BCUT2D eigenvalue weighted by Gasteiger charge is 2.12. The van der Waals surface area contributed by atoms with E-state index in [2.05, 4.69) is 35.6 Å². The Labute approximate surface area is 172 Å². The normalized spacial score (nSPS) is 10.2. The van der Waals surface area contributed by atoms with Gasteiger partial charge in [-0.05, 0) is 30.8 Å². The maximum atomic E-state index is 9.55. The van der Waals surface area contributed by atoms with Gasteiger partial charge in [0.1, 0.15) is 5.75 Å². The van der Waals surface area contributed by atoms with E-state index in [1.165, 1.54) is 10.4 Å². The van der Waals surface area contributed by atoms with Gasteiger partial charge in [-0.25, -0.2) is 9.59 Å². The molecule has 3 aromatic rings. The molecule has 7 heteroatoms. The van der Waals surface area contributed by atoms with Crippen LogP contribution in [0.5, 0.6) is 10.8 Å². The second kappa shape index (κ2) is 11.4. The second-order valence-electron chi connectivity index (χ2n) is 5.74. The topological polar surface area (TPSA) is 95.9 Å². The van der Waals surface area contributed by atoms with E-state index in [9.17, 15) is 9.59 Å². The third-order valence-electron chi connectivity index (χ3n) is 3.51. The fourth-order valence-electron chi connectivity index (χ4n) is 2.32. The molecule has 0 amide bonds. The minimum absolute atomic E-state index is 0.558. The largest absolute Gasteiger partial charge is 0.478 e. The van der Waals surface area contributed by atoms with Gasteiger partial charge in [0.05, 0.1) is 0 Å². The molecule has 0 fully saturated rings. The van der Waals surface area contributed by atoms with Crippen molar-refractivity contribution < 1.29 is 24.5 Å². The lowest BCUT2D eigenvalue weighted by Gasteiger charge is -2.06. The number of hydrogen-bond acceptors (Lipinski definition) is 5. The van der Waals surface area contributed by atoms with Gasteiger partial charge in [0.15, 0.2) is 5.06 Å². The zero-order valence-corrected chi connectivity index (χ0v) is 16.6. The van der Waals surface area contributed by atoms with Crippen LogP contribution in [0, 0.1) is 0 Å². The first kappa shape index (κ1) is 21.9. The molecule has 6 nitrogen and oxygen atoms in total. The number of carboxylic acids is 2. The summed E-state index contributed by atoms with van der Waals surface area (Å²) in [6, 6.07) is 22.5. The van der Waals surface area contributed by atoms with Gasteiger partial charge in [-0.15, -0.1) is 11.3 Å². The molecule has 0 unspecified atom stereocenters. The van der Waals surface area contributed by atoms with E-state index in [-0.39, 0.29) is 0 Å². The van der Waals surface area contributed by atoms with E-state index in [1.54, 1.807) is 11.3 Å². The summed E-state index contributed by atoms with van der Waals surface area (Å²) in [6.07, 6.45) is 1.12. The average Bonchev–Trinajstić information content (AvgIpc) is 3.11. The summed E-state index contributed by atoms with van der Waals surface area (Å²) in [7, 11) is 1.96. The van der Waals surface area contributed by atoms with E-state index in [0.29, 0.717) is 12.2 Å². The number of nitrogens with one attached hydrogen (secondary N) is 1. The minimum atomic E-state index is -1.26. The summed E-state index contributed by atoms with van der Waals surface area (Å²) in [5, 5.41) is 19.8. The van der Waals surface area contributed by atoms with Gasteiger partial charge in [0.25, 0.3) is 0 Å². The number of benzene rings is 2.